The number of nitrogens with zero attached hydrogens (tertiary/aromatic N) is 2. The Kier molecular flexibility index (Phi) is 7.51. The summed E-state index contributed by atoms with van der Waals surface area (Å²) in [5.41, 5.74) is 5.24. The number of anilines is 1. The Labute approximate surface area is 160 Å². The number of esters is 1. The number of aliphatic hydroxyl groups is 2. The largest absolute Gasteiger partial charge is 0.452 e. The van der Waals surface area contributed by atoms with Gasteiger partial charge in [0.1, 0.15) is 18.1 Å². The Morgan fingerprint density at radius 2 is 2.29 bits per heavy atom. The average Bonchev–Trinajstić information content (AvgIpc) is 3.00. The van der Waals surface area contributed by atoms with Crippen molar-refractivity contribution in [2.45, 2.75) is 38.2 Å². The average molecular weight is 394 g/mol. The highest BCUT2D eigenvalue weighted by Gasteiger charge is 2.35. The van der Waals surface area contributed by atoms with Gasteiger partial charge in [-0.05, 0) is 0 Å². The molecule has 5 N–H and O–H groups in total. The fourth-order valence-corrected chi connectivity index (χ4v) is 2.49. The molecule has 2 heterocycles. The summed E-state index contributed by atoms with van der Waals surface area (Å²) >= 11 is 0. The van der Waals surface area contributed by atoms with Crippen LogP contribution in [0.5, 0.6) is 0 Å². The number of ether oxygens (including phenoxy) is 2. The molecular weight excluding hydrogens is 372 g/mol. The molecule has 11 nitrogen and oxygen atoms in total. The Hall–Kier alpha value is -2.94. The highest BCUT2D eigenvalue weighted by atomic mass is 16.5. The summed E-state index contributed by atoms with van der Waals surface area (Å²) in [6, 6.07) is 0. The van der Waals surface area contributed by atoms with Crippen molar-refractivity contribution in [1.29, 1.82) is 0 Å². The lowest BCUT2D eigenvalue weighted by molar-refractivity contribution is -0.142. The van der Waals surface area contributed by atoms with Crippen molar-refractivity contribution in [2.75, 3.05) is 25.5 Å². The number of rotatable bonds is 6. The molecule has 0 radical (unpaired) electrons. The lowest BCUT2D eigenvalue weighted by Crippen LogP contribution is -2.29. The molecule has 1 saturated heterocycles. The summed E-state index contributed by atoms with van der Waals surface area (Å²) in [7, 11) is 0. The molecule has 11 heteroatoms. The molecular formula is C17H22N4O7. The number of nitrogens with one attached hydrogen (secondary N) is 1. The van der Waals surface area contributed by atoms with Crippen molar-refractivity contribution in [1.82, 2.24) is 14.9 Å². The zero-order valence-corrected chi connectivity index (χ0v) is 15.3. The fourth-order valence-electron chi connectivity index (χ4n) is 2.49. The number of carbonyl (C=O) groups excluding carboxylic acids is 2. The summed E-state index contributed by atoms with van der Waals surface area (Å²) in [5.74, 6) is 4.39. The number of aromatic nitrogens is 2. The Morgan fingerprint density at radius 3 is 2.93 bits per heavy atom. The van der Waals surface area contributed by atoms with E-state index in [9.17, 15) is 19.5 Å². The van der Waals surface area contributed by atoms with Gasteiger partial charge in [-0.25, -0.2) is 4.79 Å². The second-order valence-electron chi connectivity index (χ2n) is 6.04. The second-order valence-corrected chi connectivity index (χ2v) is 6.04. The maximum atomic E-state index is 12.0. The monoisotopic (exact) mass is 394 g/mol. The van der Waals surface area contributed by atoms with E-state index in [1.54, 1.807) is 0 Å². The zero-order chi connectivity index (χ0) is 20.7. The van der Waals surface area contributed by atoms with Crippen LogP contribution < -0.4 is 16.7 Å². The topological polar surface area (TPSA) is 166 Å². The van der Waals surface area contributed by atoms with Gasteiger partial charge < -0.3 is 30.7 Å². The molecule has 1 fully saturated rings. The van der Waals surface area contributed by atoms with Crippen LogP contribution in [0.3, 0.4) is 0 Å². The van der Waals surface area contributed by atoms with Crippen LogP contribution in [0.15, 0.2) is 11.0 Å². The van der Waals surface area contributed by atoms with Crippen LogP contribution in [-0.2, 0) is 19.1 Å². The predicted molar refractivity (Wildman–Crippen MR) is 95.7 cm³/mol. The smallest absolute Gasteiger partial charge is 0.351 e. The molecule has 3 unspecified atom stereocenters. The summed E-state index contributed by atoms with van der Waals surface area (Å²) in [6.45, 7) is 0.930. The number of carbonyl (C=O) groups is 2. The van der Waals surface area contributed by atoms with E-state index in [1.807, 2.05) is 0 Å². The van der Waals surface area contributed by atoms with E-state index in [0.29, 0.717) is 0 Å². The van der Waals surface area contributed by atoms with Gasteiger partial charge in [0.2, 0.25) is 5.91 Å². The van der Waals surface area contributed by atoms with Gasteiger partial charge >= 0.3 is 11.7 Å². The van der Waals surface area contributed by atoms with E-state index < -0.39 is 30.1 Å². The molecule has 0 aromatic carbocycles. The van der Waals surface area contributed by atoms with E-state index in [0.717, 1.165) is 4.57 Å². The van der Waals surface area contributed by atoms with Gasteiger partial charge in [-0.1, -0.05) is 11.8 Å². The van der Waals surface area contributed by atoms with Crippen LogP contribution in [0, 0.1) is 11.8 Å². The SMILES string of the molecule is CC(=O)NCCC(=O)OCC#Cc1cn(C2CC(O)C(CO)O2)c(=O)nc1N. The zero-order valence-electron chi connectivity index (χ0n) is 15.3. The highest BCUT2D eigenvalue weighted by molar-refractivity contribution is 5.74. The number of hydrogen-bond donors (Lipinski definition) is 4. The second kappa shape index (κ2) is 9.84. The van der Waals surface area contributed by atoms with Gasteiger partial charge in [0.05, 0.1) is 24.7 Å². The van der Waals surface area contributed by atoms with E-state index in [4.69, 9.17) is 20.3 Å². The minimum Gasteiger partial charge on any atom is -0.452 e. The van der Waals surface area contributed by atoms with Crippen LogP contribution in [0.2, 0.25) is 0 Å². The van der Waals surface area contributed by atoms with Crippen LogP contribution in [-0.4, -0.2) is 63.6 Å². The molecule has 0 aliphatic carbocycles. The molecule has 1 aromatic rings. The number of aliphatic hydroxyl groups excluding tert-OH is 2. The lowest BCUT2D eigenvalue weighted by Gasteiger charge is -2.14. The van der Waals surface area contributed by atoms with Crippen molar-refractivity contribution in [2.24, 2.45) is 0 Å². The summed E-state index contributed by atoms with van der Waals surface area (Å²) < 4.78 is 11.5. The van der Waals surface area contributed by atoms with Gasteiger partial charge in [0, 0.05) is 26.1 Å². The van der Waals surface area contributed by atoms with Crippen LogP contribution >= 0.6 is 0 Å². The molecule has 1 aromatic heterocycles. The molecule has 152 valence electrons. The molecule has 28 heavy (non-hydrogen) atoms. The Bertz CT molecular complexity index is 842. The molecule has 1 amide bonds. The van der Waals surface area contributed by atoms with Crippen molar-refractivity contribution in [3.63, 3.8) is 0 Å². The first-order chi connectivity index (χ1) is 13.3. The van der Waals surface area contributed by atoms with Crippen molar-refractivity contribution in [3.8, 4) is 11.8 Å². The molecule has 2 rings (SSSR count). The molecule has 0 spiro atoms. The van der Waals surface area contributed by atoms with Crippen molar-refractivity contribution in [3.05, 3.63) is 22.2 Å². The van der Waals surface area contributed by atoms with Gasteiger partial charge in [-0.15, -0.1) is 0 Å². The maximum absolute atomic E-state index is 12.0. The third-order valence-corrected chi connectivity index (χ3v) is 3.91. The predicted octanol–water partition coefficient (Wildman–Crippen LogP) is -2.11. The molecule has 3 atom stereocenters. The molecule has 0 bridgehead atoms. The summed E-state index contributed by atoms with van der Waals surface area (Å²) in [5, 5.41) is 21.4. The molecule has 1 aliphatic rings. The normalized spacial score (nSPS) is 20.9. The fraction of sp³-hybridized carbons (Fsp3) is 0.529. The van der Waals surface area contributed by atoms with Crippen molar-refractivity contribution >= 4 is 17.7 Å². The van der Waals surface area contributed by atoms with Gasteiger partial charge in [-0.3, -0.25) is 14.2 Å². The van der Waals surface area contributed by atoms with Gasteiger partial charge in [0.25, 0.3) is 0 Å². The van der Waals surface area contributed by atoms with E-state index in [1.165, 1.54) is 13.1 Å². The minimum atomic E-state index is -0.911. The Balaban J connectivity index is 1.99. The number of nitrogens with two attached hydrogens (primary N) is 1. The summed E-state index contributed by atoms with van der Waals surface area (Å²) in [6.07, 6.45) is -1.04. The first-order valence-corrected chi connectivity index (χ1v) is 8.53. The van der Waals surface area contributed by atoms with E-state index in [2.05, 4.69) is 22.1 Å². The number of nitrogen functional groups attached to an aromatic ring is 1. The summed E-state index contributed by atoms with van der Waals surface area (Å²) in [4.78, 5) is 37.9. The molecule has 0 saturated carbocycles. The number of amides is 1. The van der Waals surface area contributed by atoms with E-state index in [-0.39, 0.29) is 49.9 Å². The van der Waals surface area contributed by atoms with Gasteiger partial charge in [-0.2, -0.15) is 4.98 Å². The quantitative estimate of drug-likeness (QED) is 0.312. The first kappa shape index (κ1) is 21.4. The minimum absolute atomic E-state index is 0.0171. The van der Waals surface area contributed by atoms with Crippen LogP contribution in [0.4, 0.5) is 5.82 Å². The first-order valence-electron chi connectivity index (χ1n) is 8.53. The third kappa shape index (κ3) is 5.78. The third-order valence-electron chi connectivity index (χ3n) is 3.91. The van der Waals surface area contributed by atoms with Crippen molar-refractivity contribution < 1.29 is 29.3 Å². The maximum Gasteiger partial charge on any atom is 0.351 e. The lowest BCUT2D eigenvalue weighted by atomic mass is 10.2. The highest BCUT2D eigenvalue weighted by Crippen LogP contribution is 2.27. The Morgan fingerprint density at radius 1 is 1.54 bits per heavy atom. The van der Waals surface area contributed by atoms with Gasteiger partial charge in [0.15, 0.2) is 6.61 Å². The van der Waals surface area contributed by atoms with Crippen LogP contribution in [0.25, 0.3) is 0 Å². The van der Waals surface area contributed by atoms with Crippen LogP contribution in [0.1, 0.15) is 31.6 Å². The van der Waals surface area contributed by atoms with E-state index >= 15 is 0 Å². The standard InChI is InChI=1S/C17H22N4O7/c1-10(23)19-5-4-15(25)27-6-2-3-11-8-21(17(26)20-16(11)18)14-7-12(24)13(9-22)28-14/h8,12-14,22,24H,4-7,9H2,1H3,(H,19,23)(H2,18,20,26). The molecule has 1 aliphatic heterocycles. The number of hydrogen-bond acceptors (Lipinski definition) is 9.